The highest BCUT2D eigenvalue weighted by Gasteiger charge is 2.29. The van der Waals surface area contributed by atoms with Crippen molar-refractivity contribution in [2.24, 2.45) is 5.92 Å². The average Bonchev–Trinajstić information content (AvgIpc) is 3.11. The summed E-state index contributed by atoms with van der Waals surface area (Å²) in [7, 11) is 0. The molecule has 0 radical (unpaired) electrons. The van der Waals surface area contributed by atoms with Crippen molar-refractivity contribution in [1.29, 1.82) is 0 Å². The van der Waals surface area contributed by atoms with Gasteiger partial charge in [-0.2, -0.15) is 0 Å². The van der Waals surface area contributed by atoms with Gasteiger partial charge >= 0.3 is 0 Å². The number of rotatable bonds is 4. The summed E-state index contributed by atoms with van der Waals surface area (Å²) in [5.41, 5.74) is 1.10. The fraction of sp³-hybridized carbons (Fsp3) is 0.536. The summed E-state index contributed by atoms with van der Waals surface area (Å²) >= 11 is 0. The molecule has 2 saturated heterocycles. The highest BCUT2D eigenvalue weighted by molar-refractivity contribution is 5.99. The molecule has 2 amide bonds. The molecule has 1 aromatic carbocycles. The number of nitrogens with zero attached hydrogens (tertiary/aromatic N) is 3. The predicted octanol–water partition coefficient (Wildman–Crippen LogP) is 4.71. The third-order valence-corrected chi connectivity index (χ3v) is 7.46. The zero-order chi connectivity index (χ0) is 24.2. The van der Waals surface area contributed by atoms with Crippen LogP contribution in [0.5, 0.6) is 0 Å². The molecule has 0 unspecified atom stereocenters. The molecule has 2 aromatic rings. The lowest BCUT2D eigenvalue weighted by molar-refractivity contribution is 0.0694. The van der Waals surface area contributed by atoms with Crippen LogP contribution >= 0.6 is 0 Å². The molecule has 182 valence electrons. The number of hydrogen-bond donors (Lipinski definition) is 0. The number of carbonyl (C=O) groups excluding carboxylic acids is 2. The van der Waals surface area contributed by atoms with Gasteiger partial charge in [0.25, 0.3) is 11.8 Å². The Labute approximate surface area is 202 Å². The first-order valence-corrected chi connectivity index (χ1v) is 12.7. The summed E-state index contributed by atoms with van der Waals surface area (Å²) in [5, 5.41) is 0. The van der Waals surface area contributed by atoms with E-state index >= 15 is 0 Å². The Morgan fingerprint density at radius 1 is 0.824 bits per heavy atom. The van der Waals surface area contributed by atoms with E-state index in [4.69, 9.17) is 0 Å². The Morgan fingerprint density at radius 2 is 1.38 bits per heavy atom. The molecule has 34 heavy (non-hydrogen) atoms. The average molecular weight is 464 g/mol. The molecule has 0 bridgehead atoms. The molecule has 1 atom stereocenters. The molecule has 2 fully saturated rings. The molecule has 2 aliphatic rings. The lowest BCUT2D eigenvalue weighted by atomic mass is 9.92. The SMILES string of the molecule is CC1CCN(C(=O)c2cn(C(C)C)cc(C(=O)N3CCC[C@H](c4ccccc4)CC3)c2=O)CC1. The molecule has 1 aromatic heterocycles. The molecular formula is C28H37N3O3. The third-order valence-electron chi connectivity index (χ3n) is 7.46. The van der Waals surface area contributed by atoms with Crippen molar-refractivity contribution in [2.75, 3.05) is 26.2 Å². The number of hydrogen-bond acceptors (Lipinski definition) is 3. The van der Waals surface area contributed by atoms with E-state index in [1.807, 2.05) is 24.5 Å². The van der Waals surface area contributed by atoms with Crippen molar-refractivity contribution in [3.8, 4) is 0 Å². The standard InChI is InChI=1S/C28H37N3O3/c1-20(2)31-18-24(26(32)25(19-31)28(34)30-15-11-21(3)12-16-30)27(33)29-14-7-10-23(13-17-29)22-8-5-4-6-9-22/h4-6,8-9,18-21,23H,7,10-17H2,1-3H3/t23-/m0/s1. The van der Waals surface area contributed by atoms with Crippen LogP contribution in [0.25, 0.3) is 0 Å². The van der Waals surface area contributed by atoms with E-state index in [-0.39, 0.29) is 29.0 Å². The second-order valence-corrected chi connectivity index (χ2v) is 10.3. The van der Waals surface area contributed by atoms with Crippen molar-refractivity contribution in [3.05, 3.63) is 69.6 Å². The van der Waals surface area contributed by atoms with E-state index in [1.54, 1.807) is 22.2 Å². The van der Waals surface area contributed by atoms with Crippen LogP contribution in [0.1, 0.15) is 91.1 Å². The number of aromatic nitrogens is 1. The highest BCUT2D eigenvalue weighted by atomic mass is 16.2. The zero-order valence-electron chi connectivity index (χ0n) is 20.7. The molecule has 2 aliphatic heterocycles. The quantitative estimate of drug-likeness (QED) is 0.660. The topological polar surface area (TPSA) is 62.6 Å². The summed E-state index contributed by atoms with van der Waals surface area (Å²) in [6, 6.07) is 10.5. The number of carbonyl (C=O) groups is 2. The summed E-state index contributed by atoms with van der Waals surface area (Å²) in [6.07, 6.45) is 7.96. The monoisotopic (exact) mass is 463 g/mol. The number of pyridine rings is 1. The fourth-order valence-electron chi connectivity index (χ4n) is 5.11. The maximum absolute atomic E-state index is 13.6. The summed E-state index contributed by atoms with van der Waals surface area (Å²) in [5.74, 6) is 0.503. The van der Waals surface area contributed by atoms with E-state index in [0.717, 1.165) is 32.1 Å². The molecule has 0 N–H and O–H groups in total. The van der Waals surface area contributed by atoms with Crippen LogP contribution in [0.3, 0.4) is 0 Å². The minimum absolute atomic E-state index is 0.0340. The van der Waals surface area contributed by atoms with Crippen LogP contribution in [0, 0.1) is 5.92 Å². The second kappa shape index (κ2) is 10.6. The molecule has 3 heterocycles. The molecule has 4 rings (SSSR count). The minimum Gasteiger partial charge on any atom is -0.350 e. The van der Waals surface area contributed by atoms with E-state index in [2.05, 4.69) is 31.2 Å². The van der Waals surface area contributed by atoms with Gasteiger partial charge in [0.05, 0.1) is 0 Å². The van der Waals surface area contributed by atoms with Crippen LogP contribution in [0.4, 0.5) is 0 Å². The predicted molar refractivity (Wildman–Crippen MR) is 134 cm³/mol. The largest absolute Gasteiger partial charge is 0.350 e. The summed E-state index contributed by atoms with van der Waals surface area (Å²) in [4.78, 5) is 43.9. The van der Waals surface area contributed by atoms with Crippen molar-refractivity contribution >= 4 is 11.8 Å². The molecule has 6 nitrogen and oxygen atoms in total. The van der Waals surface area contributed by atoms with E-state index < -0.39 is 5.43 Å². The number of piperidine rings is 1. The zero-order valence-corrected chi connectivity index (χ0v) is 20.7. The van der Waals surface area contributed by atoms with E-state index in [9.17, 15) is 14.4 Å². The highest BCUT2D eigenvalue weighted by Crippen LogP contribution is 2.28. The van der Waals surface area contributed by atoms with Gasteiger partial charge in [0.1, 0.15) is 11.1 Å². The van der Waals surface area contributed by atoms with Gasteiger partial charge in [-0.05, 0) is 63.4 Å². The molecule has 0 saturated carbocycles. The van der Waals surface area contributed by atoms with Gasteiger partial charge in [-0.3, -0.25) is 14.4 Å². The molecule has 6 heteroatoms. The van der Waals surface area contributed by atoms with Gasteiger partial charge in [0, 0.05) is 44.6 Å². The first kappa shape index (κ1) is 24.2. The summed E-state index contributed by atoms with van der Waals surface area (Å²) in [6.45, 7) is 8.74. The van der Waals surface area contributed by atoms with Crippen molar-refractivity contribution in [1.82, 2.24) is 14.4 Å². The Bertz CT molecular complexity index is 1070. The van der Waals surface area contributed by atoms with Gasteiger partial charge in [0.15, 0.2) is 0 Å². The van der Waals surface area contributed by atoms with Gasteiger partial charge in [0.2, 0.25) is 5.43 Å². The Hall–Kier alpha value is -2.89. The molecule has 0 aliphatic carbocycles. The number of amides is 2. The maximum atomic E-state index is 13.6. The van der Waals surface area contributed by atoms with Crippen LogP contribution in [0.2, 0.25) is 0 Å². The normalized spacial score (nSPS) is 19.8. The third kappa shape index (κ3) is 5.26. The van der Waals surface area contributed by atoms with Gasteiger partial charge in [-0.1, -0.05) is 37.3 Å². The smallest absolute Gasteiger partial charge is 0.259 e. The number of likely N-dealkylation sites (tertiary alicyclic amines) is 2. The van der Waals surface area contributed by atoms with Crippen LogP contribution in [-0.2, 0) is 0 Å². The minimum atomic E-state index is -0.436. The maximum Gasteiger partial charge on any atom is 0.259 e. The van der Waals surface area contributed by atoms with Gasteiger partial charge in [-0.25, -0.2) is 0 Å². The van der Waals surface area contributed by atoms with E-state index in [0.29, 0.717) is 38.0 Å². The Morgan fingerprint density at radius 3 is 1.97 bits per heavy atom. The first-order valence-electron chi connectivity index (χ1n) is 12.7. The van der Waals surface area contributed by atoms with Gasteiger partial charge < -0.3 is 14.4 Å². The van der Waals surface area contributed by atoms with Crippen LogP contribution < -0.4 is 5.43 Å². The molecular weight excluding hydrogens is 426 g/mol. The molecule has 0 spiro atoms. The number of benzene rings is 1. The Balaban J connectivity index is 1.58. The van der Waals surface area contributed by atoms with Crippen molar-refractivity contribution in [2.45, 2.75) is 64.8 Å². The van der Waals surface area contributed by atoms with Crippen LogP contribution in [-0.4, -0.2) is 52.4 Å². The Kier molecular flexibility index (Phi) is 7.54. The van der Waals surface area contributed by atoms with Crippen LogP contribution in [0.15, 0.2) is 47.5 Å². The lowest BCUT2D eigenvalue weighted by Crippen LogP contribution is -2.42. The summed E-state index contributed by atoms with van der Waals surface area (Å²) < 4.78 is 1.83. The lowest BCUT2D eigenvalue weighted by Gasteiger charge is -2.30. The van der Waals surface area contributed by atoms with Gasteiger partial charge in [-0.15, -0.1) is 0 Å². The van der Waals surface area contributed by atoms with Crippen molar-refractivity contribution < 1.29 is 9.59 Å². The van der Waals surface area contributed by atoms with Crippen molar-refractivity contribution in [3.63, 3.8) is 0 Å². The fourth-order valence-corrected chi connectivity index (χ4v) is 5.11. The second-order valence-electron chi connectivity index (χ2n) is 10.3. The van der Waals surface area contributed by atoms with E-state index in [1.165, 1.54) is 5.56 Å². The first-order chi connectivity index (χ1) is 16.3.